The molecule has 24 heavy (non-hydrogen) atoms. The smallest absolute Gasteiger partial charge is 0.248 e. The summed E-state index contributed by atoms with van der Waals surface area (Å²) in [6, 6.07) is 7.49. The van der Waals surface area contributed by atoms with Crippen LogP contribution >= 0.6 is 0 Å². The zero-order valence-electron chi connectivity index (χ0n) is 14.4. The Kier molecular flexibility index (Phi) is 7.06. The summed E-state index contributed by atoms with van der Waals surface area (Å²) in [4.78, 5) is 25.8. The van der Waals surface area contributed by atoms with Crippen LogP contribution in [0.4, 0.5) is 0 Å². The molecule has 1 aromatic rings. The molecule has 1 saturated heterocycles. The number of carbonyl (C=O) groups excluding carboxylic acids is 2. The van der Waals surface area contributed by atoms with Gasteiger partial charge in [0.25, 0.3) is 0 Å². The normalized spacial score (nSPS) is 17.4. The molecule has 0 aromatic heterocycles. The van der Waals surface area contributed by atoms with E-state index in [1.807, 2.05) is 29.2 Å². The molecule has 1 fully saturated rings. The van der Waals surface area contributed by atoms with Gasteiger partial charge in [0, 0.05) is 26.7 Å². The van der Waals surface area contributed by atoms with Gasteiger partial charge in [-0.1, -0.05) is 12.1 Å². The Morgan fingerprint density at radius 1 is 1.25 bits per heavy atom. The van der Waals surface area contributed by atoms with Gasteiger partial charge >= 0.3 is 0 Å². The van der Waals surface area contributed by atoms with Gasteiger partial charge in [0.05, 0.1) is 13.5 Å². The SMILES string of the molecule is COCC(=O)N1CCC[C@@H](CNC(=O)Cc2ccc(OC)cc2)C1. The van der Waals surface area contributed by atoms with E-state index in [-0.39, 0.29) is 18.4 Å². The molecule has 6 heteroatoms. The van der Waals surface area contributed by atoms with Crippen LogP contribution in [0.15, 0.2) is 24.3 Å². The van der Waals surface area contributed by atoms with Crippen LogP contribution in [0.3, 0.4) is 0 Å². The van der Waals surface area contributed by atoms with E-state index >= 15 is 0 Å². The molecule has 0 bridgehead atoms. The molecule has 1 aliphatic heterocycles. The van der Waals surface area contributed by atoms with Crippen LogP contribution in [0.25, 0.3) is 0 Å². The van der Waals surface area contributed by atoms with Crippen LogP contribution in [0.5, 0.6) is 5.75 Å². The molecule has 1 aromatic carbocycles. The maximum absolute atomic E-state index is 12.1. The first-order valence-corrected chi connectivity index (χ1v) is 8.28. The van der Waals surface area contributed by atoms with Crippen LogP contribution in [0.2, 0.25) is 0 Å². The number of ether oxygens (including phenoxy) is 2. The number of nitrogens with zero attached hydrogens (tertiary/aromatic N) is 1. The lowest BCUT2D eigenvalue weighted by molar-refractivity contribution is -0.136. The molecule has 2 amide bonds. The number of carbonyl (C=O) groups is 2. The summed E-state index contributed by atoms with van der Waals surface area (Å²) in [6.07, 6.45) is 2.34. The van der Waals surface area contributed by atoms with E-state index in [9.17, 15) is 9.59 Å². The van der Waals surface area contributed by atoms with E-state index < -0.39 is 0 Å². The molecule has 0 spiro atoms. The van der Waals surface area contributed by atoms with Crippen molar-refractivity contribution in [1.29, 1.82) is 0 Å². The van der Waals surface area contributed by atoms with Gasteiger partial charge in [-0.25, -0.2) is 0 Å². The summed E-state index contributed by atoms with van der Waals surface area (Å²) in [7, 11) is 3.14. The number of amides is 2. The third-order valence-electron chi connectivity index (χ3n) is 4.25. The summed E-state index contributed by atoms with van der Waals surface area (Å²) < 4.78 is 10.0. The highest BCUT2D eigenvalue weighted by Crippen LogP contribution is 2.16. The Morgan fingerprint density at radius 2 is 2.00 bits per heavy atom. The van der Waals surface area contributed by atoms with Crippen molar-refractivity contribution in [2.24, 2.45) is 5.92 Å². The zero-order chi connectivity index (χ0) is 17.4. The van der Waals surface area contributed by atoms with E-state index in [4.69, 9.17) is 9.47 Å². The first-order chi connectivity index (χ1) is 11.6. The average molecular weight is 334 g/mol. The van der Waals surface area contributed by atoms with E-state index in [0.29, 0.717) is 25.4 Å². The lowest BCUT2D eigenvalue weighted by atomic mass is 9.98. The van der Waals surface area contributed by atoms with Crippen molar-refractivity contribution in [2.75, 3.05) is 40.5 Å². The highest BCUT2D eigenvalue weighted by atomic mass is 16.5. The van der Waals surface area contributed by atoms with Crippen LogP contribution in [-0.4, -0.2) is 57.2 Å². The average Bonchev–Trinajstić information content (AvgIpc) is 2.61. The Balaban J connectivity index is 1.75. The van der Waals surface area contributed by atoms with Gasteiger partial charge in [-0.05, 0) is 36.5 Å². The standard InChI is InChI=1S/C18H26N2O4/c1-23-13-18(22)20-9-3-4-15(12-20)11-19-17(21)10-14-5-7-16(24-2)8-6-14/h5-8,15H,3-4,9-13H2,1-2H3,(H,19,21)/t15-/m0/s1. The minimum absolute atomic E-state index is 0.000471. The molecule has 1 N–H and O–H groups in total. The largest absolute Gasteiger partial charge is 0.497 e. The Morgan fingerprint density at radius 3 is 2.67 bits per heavy atom. The topological polar surface area (TPSA) is 67.9 Å². The lowest BCUT2D eigenvalue weighted by Gasteiger charge is -2.32. The molecule has 1 atom stereocenters. The summed E-state index contributed by atoms with van der Waals surface area (Å²) in [5.74, 6) is 1.11. The number of hydrogen-bond acceptors (Lipinski definition) is 4. The van der Waals surface area contributed by atoms with Crippen molar-refractivity contribution < 1.29 is 19.1 Å². The number of likely N-dealkylation sites (tertiary alicyclic amines) is 1. The van der Waals surface area contributed by atoms with Crippen molar-refractivity contribution in [3.05, 3.63) is 29.8 Å². The van der Waals surface area contributed by atoms with E-state index in [1.54, 1.807) is 7.11 Å². The third-order valence-corrected chi connectivity index (χ3v) is 4.25. The fraction of sp³-hybridized carbons (Fsp3) is 0.556. The second-order valence-electron chi connectivity index (χ2n) is 6.11. The molecule has 0 saturated carbocycles. The molecular formula is C18H26N2O4. The number of nitrogens with one attached hydrogen (secondary N) is 1. The summed E-state index contributed by atoms with van der Waals surface area (Å²) in [5, 5.41) is 2.98. The fourth-order valence-corrected chi connectivity index (χ4v) is 2.92. The maximum atomic E-state index is 12.1. The Labute approximate surface area is 143 Å². The predicted molar refractivity (Wildman–Crippen MR) is 90.9 cm³/mol. The minimum Gasteiger partial charge on any atom is -0.497 e. The molecule has 0 radical (unpaired) electrons. The zero-order valence-corrected chi connectivity index (χ0v) is 14.4. The lowest BCUT2D eigenvalue weighted by Crippen LogP contribution is -2.45. The van der Waals surface area contributed by atoms with Crippen LogP contribution in [0.1, 0.15) is 18.4 Å². The quantitative estimate of drug-likeness (QED) is 0.815. The third kappa shape index (κ3) is 5.53. The van der Waals surface area contributed by atoms with Gasteiger partial charge in [-0.2, -0.15) is 0 Å². The van der Waals surface area contributed by atoms with E-state index in [2.05, 4.69) is 5.32 Å². The van der Waals surface area contributed by atoms with Crippen LogP contribution < -0.4 is 10.1 Å². The summed E-state index contributed by atoms with van der Waals surface area (Å²) in [5.41, 5.74) is 0.953. The molecule has 1 aliphatic rings. The summed E-state index contributed by atoms with van der Waals surface area (Å²) >= 11 is 0. The highest BCUT2D eigenvalue weighted by Gasteiger charge is 2.23. The first-order valence-electron chi connectivity index (χ1n) is 8.28. The molecular weight excluding hydrogens is 308 g/mol. The van der Waals surface area contributed by atoms with E-state index in [0.717, 1.165) is 30.7 Å². The van der Waals surface area contributed by atoms with E-state index in [1.165, 1.54) is 7.11 Å². The monoisotopic (exact) mass is 334 g/mol. The Hall–Kier alpha value is -2.08. The number of benzene rings is 1. The van der Waals surface area contributed by atoms with Gasteiger partial charge < -0.3 is 19.7 Å². The van der Waals surface area contributed by atoms with Gasteiger partial charge in [-0.15, -0.1) is 0 Å². The van der Waals surface area contributed by atoms with Gasteiger partial charge in [-0.3, -0.25) is 9.59 Å². The van der Waals surface area contributed by atoms with Crippen molar-refractivity contribution in [2.45, 2.75) is 19.3 Å². The van der Waals surface area contributed by atoms with Gasteiger partial charge in [0.15, 0.2) is 0 Å². The molecule has 6 nitrogen and oxygen atoms in total. The van der Waals surface area contributed by atoms with Crippen molar-refractivity contribution in [3.63, 3.8) is 0 Å². The second-order valence-corrected chi connectivity index (χ2v) is 6.11. The first kappa shape index (κ1) is 18.3. The number of hydrogen-bond donors (Lipinski definition) is 1. The Bertz CT molecular complexity index is 544. The highest BCUT2D eigenvalue weighted by molar-refractivity contribution is 5.79. The molecule has 1 heterocycles. The van der Waals surface area contributed by atoms with Crippen molar-refractivity contribution in [1.82, 2.24) is 10.2 Å². The number of piperidine rings is 1. The van der Waals surface area contributed by atoms with Gasteiger partial charge in [0.2, 0.25) is 11.8 Å². The fourth-order valence-electron chi connectivity index (χ4n) is 2.92. The number of methoxy groups -OCH3 is 2. The molecule has 132 valence electrons. The van der Waals surface area contributed by atoms with Crippen LogP contribution in [-0.2, 0) is 20.7 Å². The second kappa shape index (κ2) is 9.27. The van der Waals surface area contributed by atoms with Crippen molar-refractivity contribution in [3.8, 4) is 5.75 Å². The molecule has 0 unspecified atom stereocenters. The van der Waals surface area contributed by atoms with Crippen LogP contribution in [0, 0.1) is 5.92 Å². The maximum Gasteiger partial charge on any atom is 0.248 e. The van der Waals surface area contributed by atoms with Crippen molar-refractivity contribution >= 4 is 11.8 Å². The summed E-state index contributed by atoms with van der Waals surface area (Å²) in [6.45, 7) is 2.19. The minimum atomic E-state index is 0.000471. The number of rotatable bonds is 7. The molecule has 0 aliphatic carbocycles. The predicted octanol–water partition coefficient (Wildman–Crippen LogP) is 1.24. The van der Waals surface area contributed by atoms with Gasteiger partial charge in [0.1, 0.15) is 12.4 Å². The molecule has 2 rings (SSSR count).